The van der Waals surface area contributed by atoms with Crippen LogP contribution in [-0.2, 0) is 11.2 Å². The van der Waals surface area contributed by atoms with Crippen LogP contribution >= 0.6 is 0 Å². The second-order valence-corrected chi connectivity index (χ2v) is 4.87. The van der Waals surface area contributed by atoms with Crippen molar-refractivity contribution in [2.75, 3.05) is 0 Å². The third kappa shape index (κ3) is 3.93. The Hall–Kier alpha value is -2.13. The fourth-order valence-electron chi connectivity index (χ4n) is 2.10. The Morgan fingerprint density at radius 2 is 1.60 bits per heavy atom. The smallest absolute Gasteiger partial charge is 0.224 e. The van der Waals surface area contributed by atoms with Crippen LogP contribution in [0.15, 0.2) is 60.7 Å². The molecule has 0 heterocycles. The molecule has 0 aromatic heterocycles. The minimum Gasteiger partial charge on any atom is -0.386 e. The Morgan fingerprint density at radius 3 is 2.20 bits per heavy atom. The molecule has 0 aliphatic carbocycles. The van der Waals surface area contributed by atoms with Gasteiger partial charge in [0, 0.05) is 0 Å². The van der Waals surface area contributed by atoms with Crippen molar-refractivity contribution in [1.82, 2.24) is 5.32 Å². The summed E-state index contributed by atoms with van der Waals surface area (Å²) in [5.74, 6) is -0.0846. The highest BCUT2D eigenvalue weighted by molar-refractivity contribution is 5.78. The van der Waals surface area contributed by atoms with Gasteiger partial charge in [-0.05, 0) is 18.1 Å². The van der Waals surface area contributed by atoms with Gasteiger partial charge >= 0.3 is 0 Å². The van der Waals surface area contributed by atoms with Gasteiger partial charge in [0.1, 0.15) is 0 Å². The Morgan fingerprint density at radius 1 is 1.05 bits per heavy atom. The van der Waals surface area contributed by atoms with Crippen LogP contribution in [-0.4, -0.2) is 17.1 Å². The zero-order valence-corrected chi connectivity index (χ0v) is 11.5. The molecule has 0 radical (unpaired) electrons. The number of carbonyl (C=O) groups is 1. The summed E-state index contributed by atoms with van der Waals surface area (Å²) < 4.78 is 0. The van der Waals surface area contributed by atoms with Crippen LogP contribution in [0.4, 0.5) is 0 Å². The van der Waals surface area contributed by atoms with Crippen molar-refractivity contribution in [3.8, 4) is 0 Å². The zero-order valence-electron chi connectivity index (χ0n) is 11.5. The summed E-state index contributed by atoms with van der Waals surface area (Å²) in [5.41, 5.74) is 1.77. The Labute approximate surface area is 119 Å². The minimum atomic E-state index is -0.698. The first-order valence-electron chi connectivity index (χ1n) is 6.73. The fraction of sp³-hybridized carbons (Fsp3) is 0.235. The van der Waals surface area contributed by atoms with Gasteiger partial charge in [0.15, 0.2) is 0 Å². The van der Waals surface area contributed by atoms with E-state index in [9.17, 15) is 9.90 Å². The second kappa shape index (κ2) is 6.87. The number of hydrogen-bond donors (Lipinski definition) is 2. The third-order valence-electron chi connectivity index (χ3n) is 3.21. The van der Waals surface area contributed by atoms with Gasteiger partial charge in [0.2, 0.25) is 5.91 Å². The van der Waals surface area contributed by atoms with Crippen molar-refractivity contribution in [2.45, 2.75) is 25.5 Å². The van der Waals surface area contributed by atoms with Crippen LogP contribution in [0.3, 0.4) is 0 Å². The first kappa shape index (κ1) is 14.3. The monoisotopic (exact) mass is 269 g/mol. The number of carbonyl (C=O) groups excluding carboxylic acids is 1. The lowest BCUT2D eigenvalue weighted by molar-refractivity contribution is -0.121. The minimum absolute atomic E-state index is 0.0846. The van der Waals surface area contributed by atoms with Gasteiger partial charge < -0.3 is 10.4 Å². The van der Waals surface area contributed by atoms with Gasteiger partial charge in [-0.2, -0.15) is 0 Å². The van der Waals surface area contributed by atoms with Crippen LogP contribution in [0.25, 0.3) is 0 Å². The summed E-state index contributed by atoms with van der Waals surface area (Å²) in [4.78, 5) is 11.9. The van der Waals surface area contributed by atoms with Gasteiger partial charge in [0.25, 0.3) is 0 Å². The molecular weight excluding hydrogens is 250 g/mol. The number of amides is 1. The van der Waals surface area contributed by atoms with E-state index in [0.717, 1.165) is 11.1 Å². The van der Waals surface area contributed by atoms with Crippen LogP contribution in [0.2, 0.25) is 0 Å². The highest BCUT2D eigenvalue weighted by Crippen LogP contribution is 2.16. The molecule has 1 amide bonds. The average molecular weight is 269 g/mol. The quantitative estimate of drug-likeness (QED) is 0.876. The summed E-state index contributed by atoms with van der Waals surface area (Å²) in [5, 5.41) is 13.0. The number of rotatable bonds is 5. The highest BCUT2D eigenvalue weighted by atomic mass is 16.3. The molecule has 0 aliphatic rings. The van der Waals surface area contributed by atoms with E-state index in [0.29, 0.717) is 6.42 Å². The largest absolute Gasteiger partial charge is 0.386 e. The number of aliphatic hydroxyl groups excluding tert-OH is 1. The second-order valence-electron chi connectivity index (χ2n) is 4.87. The molecule has 2 atom stereocenters. The lowest BCUT2D eigenvalue weighted by Crippen LogP contribution is -2.37. The van der Waals surface area contributed by atoms with Crippen molar-refractivity contribution in [3.05, 3.63) is 71.8 Å². The Bertz CT molecular complexity index is 539. The molecule has 104 valence electrons. The molecular formula is C17H19NO2. The van der Waals surface area contributed by atoms with E-state index in [4.69, 9.17) is 0 Å². The molecule has 2 rings (SSSR count). The molecule has 2 N–H and O–H groups in total. The van der Waals surface area contributed by atoms with Gasteiger partial charge in [0.05, 0.1) is 18.6 Å². The summed E-state index contributed by atoms with van der Waals surface area (Å²) in [6.07, 6.45) is -0.372. The number of aliphatic hydroxyl groups is 1. The molecule has 2 aromatic rings. The van der Waals surface area contributed by atoms with Crippen LogP contribution < -0.4 is 5.32 Å². The van der Waals surface area contributed by atoms with Crippen molar-refractivity contribution in [1.29, 1.82) is 0 Å². The summed E-state index contributed by atoms with van der Waals surface area (Å²) >= 11 is 0. The molecule has 20 heavy (non-hydrogen) atoms. The van der Waals surface area contributed by atoms with E-state index in [1.54, 1.807) is 6.92 Å². The van der Waals surface area contributed by atoms with E-state index < -0.39 is 6.10 Å². The summed E-state index contributed by atoms with van der Waals surface area (Å²) in [6, 6.07) is 18.6. The first-order chi connectivity index (χ1) is 9.66. The molecule has 0 saturated carbocycles. The zero-order chi connectivity index (χ0) is 14.4. The molecule has 0 fully saturated rings. The van der Waals surface area contributed by atoms with Gasteiger partial charge in [-0.1, -0.05) is 60.7 Å². The van der Waals surface area contributed by atoms with Gasteiger partial charge in [-0.15, -0.1) is 0 Å². The normalized spacial score (nSPS) is 13.5. The lowest BCUT2D eigenvalue weighted by atomic mass is 10.0. The van der Waals surface area contributed by atoms with Crippen molar-refractivity contribution >= 4 is 5.91 Å². The number of hydrogen-bond acceptors (Lipinski definition) is 2. The molecule has 0 unspecified atom stereocenters. The van der Waals surface area contributed by atoms with Crippen LogP contribution in [0.5, 0.6) is 0 Å². The van der Waals surface area contributed by atoms with Crippen LogP contribution in [0, 0.1) is 0 Å². The van der Waals surface area contributed by atoms with E-state index in [1.807, 2.05) is 60.7 Å². The summed E-state index contributed by atoms with van der Waals surface area (Å²) in [7, 11) is 0. The van der Waals surface area contributed by atoms with E-state index >= 15 is 0 Å². The Kier molecular flexibility index (Phi) is 4.91. The molecule has 0 spiro atoms. The standard InChI is InChI=1S/C17H19NO2/c1-13(17(20)15-10-6-3-7-11-15)18-16(19)12-14-8-4-2-5-9-14/h2-11,13,17,20H,12H2,1H3,(H,18,19)/t13-,17-/m1/s1. The average Bonchev–Trinajstić information content (AvgIpc) is 2.48. The lowest BCUT2D eigenvalue weighted by Gasteiger charge is -2.20. The van der Waals surface area contributed by atoms with E-state index in [1.165, 1.54) is 0 Å². The van der Waals surface area contributed by atoms with Crippen molar-refractivity contribution in [3.63, 3.8) is 0 Å². The maximum Gasteiger partial charge on any atom is 0.224 e. The summed E-state index contributed by atoms with van der Waals surface area (Å²) in [6.45, 7) is 1.81. The Balaban J connectivity index is 1.91. The topological polar surface area (TPSA) is 49.3 Å². The molecule has 3 nitrogen and oxygen atoms in total. The SMILES string of the molecule is C[C@@H](NC(=O)Cc1ccccc1)[C@@H](O)c1ccccc1. The molecule has 0 bridgehead atoms. The predicted molar refractivity (Wildman–Crippen MR) is 79.2 cm³/mol. The molecule has 3 heteroatoms. The predicted octanol–water partition coefficient (Wildman–Crippen LogP) is 2.47. The van der Waals surface area contributed by atoms with E-state index in [-0.39, 0.29) is 11.9 Å². The number of benzene rings is 2. The third-order valence-corrected chi connectivity index (χ3v) is 3.21. The maximum absolute atomic E-state index is 11.9. The van der Waals surface area contributed by atoms with Crippen molar-refractivity contribution in [2.24, 2.45) is 0 Å². The van der Waals surface area contributed by atoms with E-state index in [2.05, 4.69) is 5.32 Å². The van der Waals surface area contributed by atoms with Crippen molar-refractivity contribution < 1.29 is 9.90 Å². The molecule has 0 aliphatic heterocycles. The molecule has 0 saturated heterocycles. The van der Waals surface area contributed by atoms with Gasteiger partial charge in [-0.3, -0.25) is 4.79 Å². The van der Waals surface area contributed by atoms with Crippen LogP contribution in [0.1, 0.15) is 24.2 Å². The highest BCUT2D eigenvalue weighted by Gasteiger charge is 2.18. The molecule has 2 aromatic carbocycles. The van der Waals surface area contributed by atoms with Gasteiger partial charge in [-0.25, -0.2) is 0 Å². The fourth-order valence-corrected chi connectivity index (χ4v) is 2.10. The first-order valence-corrected chi connectivity index (χ1v) is 6.73. The maximum atomic E-state index is 11.9. The number of nitrogens with one attached hydrogen (secondary N) is 1.